The van der Waals surface area contributed by atoms with E-state index in [1.807, 2.05) is 0 Å². The van der Waals surface area contributed by atoms with Crippen LogP contribution in [0.3, 0.4) is 0 Å². The summed E-state index contributed by atoms with van der Waals surface area (Å²) in [5, 5.41) is 2.56. The quantitative estimate of drug-likeness (QED) is 0.616. The van der Waals surface area contributed by atoms with Gasteiger partial charge in [-0.1, -0.05) is 12.1 Å². The lowest BCUT2D eigenvalue weighted by Gasteiger charge is -2.21. The highest BCUT2D eigenvalue weighted by atomic mass is 16.5. The van der Waals surface area contributed by atoms with Crippen molar-refractivity contribution in [3.63, 3.8) is 0 Å². The van der Waals surface area contributed by atoms with Crippen LogP contribution in [0.5, 0.6) is 5.75 Å². The van der Waals surface area contributed by atoms with Crippen molar-refractivity contribution in [3.8, 4) is 5.75 Å². The summed E-state index contributed by atoms with van der Waals surface area (Å²) in [5.74, 6) is -2.90. The van der Waals surface area contributed by atoms with Crippen LogP contribution in [0.4, 0.5) is 0 Å². The smallest absolute Gasteiger partial charge is 0.329 e. The average molecular weight is 335 g/mol. The van der Waals surface area contributed by atoms with Gasteiger partial charge >= 0.3 is 11.9 Å². The zero-order chi connectivity index (χ0) is 17.7. The predicted octanol–water partition coefficient (Wildman–Crippen LogP) is 1.02. The predicted molar refractivity (Wildman–Crippen MR) is 84.4 cm³/mol. The molecule has 1 heterocycles. The average Bonchev–Trinajstić information content (AvgIpc) is 2.93. The van der Waals surface area contributed by atoms with Gasteiger partial charge in [-0.05, 0) is 31.5 Å². The first kappa shape index (κ1) is 17.8. The van der Waals surface area contributed by atoms with Crippen molar-refractivity contribution in [2.24, 2.45) is 5.92 Å². The summed E-state index contributed by atoms with van der Waals surface area (Å²) >= 11 is 0. The second kappa shape index (κ2) is 7.81. The molecule has 3 atom stereocenters. The van der Waals surface area contributed by atoms with Crippen LogP contribution in [0.2, 0.25) is 0 Å². The summed E-state index contributed by atoms with van der Waals surface area (Å²) in [7, 11) is 1.54. The summed E-state index contributed by atoms with van der Waals surface area (Å²) in [6.45, 7) is 3.68. The molecule has 0 radical (unpaired) electrons. The van der Waals surface area contributed by atoms with Crippen LogP contribution in [0, 0.1) is 5.92 Å². The number of ether oxygens (including phenoxy) is 3. The van der Waals surface area contributed by atoms with Crippen molar-refractivity contribution >= 4 is 17.8 Å². The number of esters is 2. The van der Waals surface area contributed by atoms with Crippen molar-refractivity contribution in [3.05, 3.63) is 29.8 Å². The fourth-order valence-electron chi connectivity index (χ4n) is 2.82. The van der Waals surface area contributed by atoms with Crippen LogP contribution < -0.4 is 10.1 Å². The minimum Gasteiger partial charge on any atom is -0.497 e. The third-order valence-electron chi connectivity index (χ3n) is 3.88. The molecule has 1 aromatic rings. The minimum atomic E-state index is -1.09. The molecule has 7 nitrogen and oxygen atoms in total. The molecule has 0 aliphatic carbocycles. The molecule has 1 saturated heterocycles. The molecule has 24 heavy (non-hydrogen) atoms. The largest absolute Gasteiger partial charge is 0.497 e. The Kier molecular flexibility index (Phi) is 5.78. The Hall–Kier alpha value is -2.57. The van der Waals surface area contributed by atoms with Crippen molar-refractivity contribution in [2.75, 3.05) is 20.3 Å². The number of methoxy groups -OCH3 is 1. The van der Waals surface area contributed by atoms with E-state index in [1.54, 1.807) is 45.2 Å². The minimum absolute atomic E-state index is 0.155. The Labute approximate surface area is 140 Å². The molecule has 7 heteroatoms. The van der Waals surface area contributed by atoms with Gasteiger partial charge in [-0.25, -0.2) is 4.79 Å². The van der Waals surface area contributed by atoms with Crippen molar-refractivity contribution in [2.45, 2.75) is 25.8 Å². The first-order valence-corrected chi connectivity index (χ1v) is 7.81. The Morgan fingerprint density at radius 1 is 1.04 bits per heavy atom. The fraction of sp³-hybridized carbons (Fsp3) is 0.471. The molecule has 1 aromatic carbocycles. The van der Waals surface area contributed by atoms with Crippen LogP contribution in [-0.2, 0) is 23.9 Å². The Balaban J connectivity index is 2.39. The molecule has 0 spiro atoms. The lowest BCUT2D eigenvalue weighted by molar-refractivity contribution is -0.151. The highest BCUT2D eigenvalue weighted by Gasteiger charge is 2.51. The van der Waals surface area contributed by atoms with Gasteiger partial charge in [0.05, 0.1) is 20.3 Å². The van der Waals surface area contributed by atoms with Gasteiger partial charge in [-0.15, -0.1) is 0 Å². The summed E-state index contributed by atoms with van der Waals surface area (Å²) < 4.78 is 15.1. The molecule has 0 bridgehead atoms. The molecule has 1 aliphatic rings. The highest BCUT2D eigenvalue weighted by Crippen LogP contribution is 2.36. The fourth-order valence-corrected chi connectivity index (χ4v) is 2.82. The van der Waals surface area contributed by atoms with Gasteiger partial charge in [0.1, 0.15) is 17.7 Å². The summed E-state index contributed by atoms with van der Waals surface area (Å²) in [6.07, 6.45) is 0. The van der Waals surface area contributed by atoms with Crippen molar-refractivity contribution in [1.29, 1.82) is 0 Å². The van der Waals surface area contributed by atoms with Gasteiger partial charge in [-0.2, -0.15) is 0 Å². The van der Waals surface area contributed by atoms with Gasteiger partial charge in [0.2, 0.25) is 5.91 Å². The Bertz CT molecular complexity index is 612. The number of nitrogens with one attached hydrogen (secondary N) is 1. The number of rotatable bonds is 6. The molecule has 0 unspecified atom stereocenters. The van der Waals surface area contributed by atoms with Crippen LogP contribution in [0.25, 0.3) is 0 Å². The zero-order valence-corrected chi connectivity index (χ0v) is 13.9. The standard InChI is InChI=1S/C17H21NO6/c1-4-23-16(20)13-12(10-6-8-11(22-3)9-7-10)14(18-15(13)19)17(21)24-5-2/h6-9,12-14H,4-5H2,1-3H3,(H,18,19)/t12-,13+,14-/m1/s1. The molecule has 1 amide bonds. The number of hydrogen-bond acceptors (Lipinski definition) is 6. The lowest BCUT2D eigenvalue weighted by atomic mass is 9.84. The molecule has 1 N–H and O–H groups in total. The number of benzene rings is 1. The number of carbonyl (C=O) groups is 3. The molecular formula is C17H21NO6. The van der Waals surface area contributed by atoms with E-state index in [-0.39, 0.29) is 13.2 Å². The molecule has 1 fully saturated rings. The monoisotopic (exact) mass is 335 g/mol. The Morgan fingerprint density at radius 3 is 2.17 bits per heavy atom. The van der Waals surface area contributed by atoms with E-state index >= 15 is 0 Å². The van der Waals surface area contributed by atoms with E-state index in [0.717, 1.165) is 0 Å². The van der Waals surface area contributed by atoms with Gasteiger partial charge in [0.15, 0.2) is 0 Å². The van der Waals surface area contributed by atoms with Crippen LogP contribution in [0.15, 0.2) is 24.3 Å². The lowest BCUT2D eigenvalue weighted by Crippen LogP contribution is -2.37. The SMILES string of the molecule is CCOC(=O)[C@@H]1C(=O)N[C@@H](C(=O)OCC)[C@@H]1c1ccc(OC)cc1. The molecule has 1 aliphatic heterocycles. The van der Waals surface area contributed by atoms with Gasteiger partial charge in [-0.3, -0.25) is 9.59 Å². The Morgan fingerprint density at radius 2 is 1.62 bits per heavy atom. The first-order valence-electron chi connectivity index (χ1n) is 7.81. The molecule has 130 valence electrons. The molecule has 0 aromatic heterocycles. The summed E-state index contributed by atoms with van der Waals surface area (Å²) in [6, 6.07) is 5.94. The third-order valence-corrected chi connectivity index (χ3v) is 3.88. The number of amides is 1. The van der Waals surface area contributed by atoms with E-state index in [0.29, 0.717) is 11.3 Å². The first-order chi connectivity index (χ1) is 11.5. The third kappa shape index (κ3) is 3.50. The maximum Gasteiger partial charge on any atom is 0.329 e. The maximum absolute atomic E-state index is 12.3. The maximum atomic E-state index is 12.3. The van der Waals surface area contributed by atoms with E-state index in [1.165, 1.54) is 0 Å². The molecular weight excluding hydrogens is 314 g/mol. The van der Waals surface area contributed by atoms with E-state index < -0.39 is 35.7 Å². The number of hydrogen-bond donors (Lipinski definition) is 1. The molecule has 0 saturated carbocycles. The van der Waals surface area contributed by atoms with Crippen LogP contribution >= 0.6 is 0 Å². The van der Waals surface area contributed by atoms with E-state index in [9.17, 15) is 14.4 Å². The number of carbonyl (C=O) groups excluding carboxylic acids is 3. The summed E-state index contributed by atoms with van der Waals surface area (Å²) in [4.78, 5) is 36.7. The van der Waals surface area contributed by atoms with Crippen LogP contribution in [-0.4, -0.2) is 44.2 Å². The topological polar surface area (TPSA) is 90.9 Å². The van der Waals surface area contributed by atoms with Gasteiger partial charge in [0, 0.05) is 5.92 Å². The highest BCUT2D eigenvalue weighted by molar-refractivity contribution is 6.04. The second-order valence-electron chi connectivity index (χ2n) is 5.27. The van der Waals surface area contributed by atoms with Crippen molar-refractivity contribution < 1.29 is 28.6 Å². The zero-order valence-electron chi connectivity index (χ0n) is 13.9. The van der Waals surface area contributed by atoms with Gasteiger partial charge < -0.3 is 19.5 Å². The van der Waals surface area contributed by atoms with Crippen LogP contribution in [0.1, 0.15) is 25.3 Å². The molecule has 2 rings (SSSR count). The second-order valence-corrected chi connectivity index (χ2v) is 5.27. The van der Waals surface area contributed by atoms with E-state index in [2.05, 4.69) is 5.32 Å². The summed E-state index contributed by atoms with van der Waals surface area (Å²) in [5.41, 5.74) is 0.658. The van der Waals surface area contributed by atoms with E-state index in [4.69, 9.17) is 14.2 Å². The normalized spacial score (nSPS) is 22.6. The van der Waals surface area contributed by atoms with Gasteiger partial charge in [0.25, 0.3) is 0 Å². The van der Waals surface area contributed by atoms with Crippen molar-refractivity contribution in [1.82, 2.24) is 5.32 Å².